The molecule has 5 nitrogen and oxygen atoms in total. The Hall–Kier alpha value is -4.71. The highest BCUT2D eigenvalue weighted by molar-refractivity contribution is 6.11. The van der Waals surface area contributed by atoms with Crippen LogP contribution in [0.1, 0.15) is 11.3 Å². The summed E-state index contributed by atoms with van der Waals surface area (Å²) >= 11 is 0. The zero-order chi connectivity index (χ0) is 24.9. The molecule has 7 aromatic rings. The van der Waals surface area contributed by atoms with Crippen LogP contribution in [-0.2, 0) is 20.1 Å². The second-order valence-corrected chi connectivity index (χ2v) is 9.41. The van der Waals surface area contributed by atoms with Crippen molar-refractivity contribution in [2.45, 2.75) is 13.1 Å². The van der Waals surface area contributed by atoms with Gasteiger partial charge in [0, 0.05) is 52.4 Å². The molecule has 0 unspecified atom stereocenters. The van der Waals surface area contributed by atoms with Gasteiger partial charge in [0.15, 0.2) is 5.82 Å². The van der Waals surface area contributed by atoms with Crippen molar-refractivity contribution in [1.29, 1.82) is 0 Å². The van der Waals surface area contributed by atoms with Crippen LogP contribution in [-0.4, -0.2) is 19.1 Å². The van der Waals surface area contributed by atoms with E-state index in [4.69, 9.17) is 9.97 Å². The molecule has 37 heavy (non-hydrogen) atoms. The van der Waals surface area contributed by atoms with Crippen molar-refractivity contribution < 1.29 is 4.39 Å². The maximum Gasteiger partial charge on any atom is 0.150 e. The number of halogens is 1. The van der Waals surface area contributed by atoms with Crippen molar-refractivity contribution in [1.82, 2.24) is 19.1 Å². The van der Waals surface area contributed by atoms with Gasteiger partial charge >= 0.3 is 0 Å². The lowest BCUT2D eigenvalue weighted by Crippen LogP contribution is -2.07. The summed E-state index contributed by atoms with van der Waals surface area (Å²) in [5.41, 5.74) is 6.43. The van der Waals surface area contributed by atoms with E-state index in [-0.39, 0.29) is 5.82 Å². The number of para-hydroxylation sites is 2. The van der Waals surface area contributed by atoms with Gasteiger partial charge in [-0.25, -0.2) is 9.37 Å². The maximum absolute atomic E-state index is 13.5. The quantitative estimate of drug-likeness (QED) is 0.285. The molecule has 0 atom stereocenters. The van der Waals surface area contributed by atoms with E-state index in [0.29, 0.717) is 13.1 Å². The zero-order valence-electron chi connectivity index (χ0n) is 20.3. The van der Waals surface area contributed by atoms with Gasteiger partial charge in [0.2, 0.25) is 0 Å². The lowest BCUT2D eigenvalue weighted by atomic mass is 10.1. The van der Waals surface area contributed by atoms with Crippen LogP contribution in [0.25, 0.3) is 43.6 Å². The summed E-state index contributed by atoms with van der Waals surface area (Å²) in [6.07, 6.45) is 3.80. The van der Waals surface area contributed by atoms with Crippen molar-refractivity contribution in [3.8, 4) is 0 Å². The number of rotatable bonds is 5. The summed E-state index contributed by atoms with van der Waals surface area (Å²) in [7, 11) is 2.08. The molecule has 0 bridgehead atoms. The summed E-state index contributed by atoms with van der Waals surface area (Å²) < 4.78 is 18.0. The van der Waals surface area contributed by atoms with E-state index >= 15 is 0 Å². The van der Waals surface area contributed by atoms with Crippen molar-refractivity contribution in [2.24, 2.45) is 7.05 Å². The number of nitrogens with zero attached hydrogens (tertiary/aromatic N) is 4. The second-order valence-electron chi connectivity index (χ2n) is 9.41. The van der Waals surface area contributed by atoms with Crippen LogP contribution in [0.5, 0.6) is 0 Å². The molecule has 0 saturated carbocycles. The summed E-state index contributed by atoms with van der Waals surface area (Å²) in [6.45, 7) is 1.16. The normalized spacial score (nSPS) is 11.7. The van der Waals surface area contributed by atoms with Crippen LogP contribution < -0.4 is 5.32 Å². The van der Waals surface area contributed by atoms with Crippen molar-refractivity contribution >= 4 is 49.4 Å². The van der Waals surface area contributed by atoms with Gasteiger partial charge < -0.3 is 14.5 Å². The van der Waals surface area contributed by atoms with Crippen LogP contribution >= 0.6 is 0 Å². The molecular weight excluding hydrogens is 461 g/mol. The Balaban J connectivity index is 1.30. The number of anilines is 1. The number of nitrogens with one attached hydrogen (secondary N) is 1. The average Bonchev–Trinajstić information content (AvgIpc) is 3.41. The molecule has 7 rings (SSSR count). The average molecular weight is 486 g/mol. The summed E-state index contributed by atoms with van der Waals surface area (Å²) in [4.78, 5) is 9.47. The summed E-state index contributed by atoms with van der Waals surface area (Å²) in [5, 5.41) is 8.28. The molecule has 0 fully saturated rings. The largest absolute Gasteiger partial charge is 0.363 e. The highest BCUT2D eigenvalue weighted by atomic mass is 19.1. The predicted octanol–water partition coefficient (Wildman–Crippen LogP) is 7.03. The van der Waals surface area contributed by atoms with E-state index in [1.165, 1.54) is 33.8 Å². The minimum Gasteiger partial charge on any atom is -0.363 e. The van der Waals surface area contributed by atoms with Gasteiger partial charge in [-0.2, -0.15) is 0 Å². The number of aromatic nitrogens is 4. The molecule has 0 aliphatic rings. The van der Waals surface area contributed by atoms with Crippen molar-refractivity contribution in [2.75, 3.05) is 5.32 Å². The molecule has 0 spiro atoms. The zero-order valence-corrected chi connectivity index (χ0v) is 20.3. The van der Waals surface area contributed by atoms with Gasteiger partial charge in [-0.3, -0.25) is 4.98 Å². The first-order chi connectivity index (χ1) is 18.2. The second kappa shape index (κ2) is 8.45. The number of pyridine rings is 2. The van der Waals surface area contributed by atoms with Gasteiger partial charge in [-0.15, -0.1) is 0 Å². The Morgan fingerprint density at radius 3 is 2.30 bits per heavy atom. The van der Waals surface area contributed by atoms with E-state index in [9.17, 15) is 4.39 Å². The van der Waals surface area contributed by atoms with Gasteiger partial charge in [-0.1, -0.05) is 48.5 Å². The molecule has 0 aliphatic carbocycles. The first-order valence-corrected chi connectivity index (χ1v) is 12.3. The number of fused-ring (bicyclic) bond motifs is 6. The fourth-order valence-corrected chi connectivity index (χ4v) is 5.44. The molecular formula is C31H24FN5. The number of aryl methyl sites for hydroxylation is 1. The highest BCUT2D eigenvalue weighted by Crippen LogP contribution is 2.34. The van der Waals surface area contributed by atoms with E-state index in [1.54, 1.807) is 0 Å². The third-order valence-corrected chi connectivity index (χ3v) is 7.23. The van der Waals surface area contributed by atoms with Gasteiger partial charge in [-0.05, 0) is 42.0 Å². The van der Waals surface area contributed by atoms with Crippen LogP contribution in [0.2, 0.25) is 0 Å². The minimum absolute atomic E-state index is 0.231. The summed E-state index contributed by atoms with van der Waals surface area (Å²) in [5.74, 6) is 0.571. The fourth-order valence-electron chi connectivity index (χ4n) is 5.44. The summed E-state index contributed by atoms with van der Waals surface area (Å²) in [6, 6.07) is 27.7. The molecule has 0 radical (unpaired) electrons. The van der Waals surface area contributed by atoms with E-state index in [2.05, 4.69) is 76.1 Å². The Labute approximate surface area is 212 Å². The van der Waals surface area contributed by atoms with Crippen LogP contribution in [0.15, 0.2) is 97.3 Å². The highest BCUT2D eigenvalue weighted by Gasteiger charge is 2.16. The SMILES string of the molecule is Cn1c2ccccc2c2cc(CNc3nccc4c5ccccc5n(Cc5ccc(F)cc5)c34)ncc21. The standard InChI is InChI=1S/C31H24FN5/c1-36-27-8-4-2-7-24(27)26-16-22(34-18-29(26)36)17-35-31-30-25(14-15-33-31)23-6-3-5-9-28(23)37(30)19-20-10-12-21(32)13-11-20/h2-16,18H,17,19H2,1H3,(H,33,35). The molecule has 0 saturated heterocycles. The Kier molecular flexibility index (Phi) is 4.92. The van der Waals surface area contributed by atoms with Crippen molar-refractivity contribution in [3.63, 3.8) is 0 Å². The lowest BCUT2D eigenvalue weighted by Gasteiger charge is -2.12. The minimum atomic E-state index is -0.231. The molecule has 6 heteroatoms. The van der Waals surface area contributed by atoms with Crippen LogP contribution in [0.3, 0.4) is 0 Å². The predicted molar refractivity (Wildman–Crippen MR) is 148 cm³/mol. The van der Waals surface area contributed by atoms with Gasteiger partial charge in [0.05, 0.1) is 29.5 Å². The van der Waals surface area contributed by atoms with Crippen LogP contribution in [0.4, 0.5) is 10.2 Å². The van der Waals surface area contributed by atoms with Gasteiger partial charge in [0.25, 0.3) is 0 Å². The van der Waals surface area contributed by atoms with Gasteiger partial charge in [0.1, 0.15) is 5.82 Å². The molecule has 3 aromatic carbocycles. The third-order valence-electron chi connectivity index (χ3n) is 7.23. The van der Waals surface area contributed by atoms with Crippen LogP contribution in [0, 0.1) is 5.82 Å². The molecule has 4 aromatic heterocycles. The lowest BCUT2D eigenvalue weighted by molar-refractivity contribution is 0.626. The number of hydrogen-bond donors (Lipinski definition) is 1. The Morgan fingerprint density at radius 1 is 0.757 bits per heavy atom. The monoisotopic (exact) mass is 485 g/mol. The first kappa shape index (κ1) is 21.6. The topological polar surface area (TPSA) is 47.7 Å². The smallest absolute Gasteiger partial charge is 0.150 e. The Morgan fingerprint density at radius 2 is 1.49 bits per heavy atom. The van der Waals surface area contributed by atoms with E-state index < -0.39 is 0 Å². The molecule has 0 amide bonds. The van der Waals surface area contributed by atoms with Crippen molar-refractivity contribution in [3.05, 3.63) is 114 Å². The number of hydrogen-bond acceptors (Lipinski definition) is 3. The fraction of sp³-hybridized carbons (Fsp3) is 0.0968. The van der Waals surface area contributed by atoms with E-state index in [0.717, 1.165) is 39.0 Å². The molecule has 4 heterocycles. The van der Waals surface area contributed by atoms with E-state index in [1.807, 2.05) is 30.6 Å². The molecule has 1 N–H and O–H groups in total. The molecule has 0 aliphatic heterocycles. The number of benzene rings is 3. The third kappa shape index (κ3) is 3.52. The Bertz CT molecular complexity index is 1930. The molecule has 180 valence electrons. The first-order valence-electron chi connectivity index (χ1n) is 12.3. The maximum atomic E-state index is 13.5.